The lowest BCUT2D eigenvalue weighted by molar-refractivity contribution is 0.0331. The molecule has 2 nitrogen and oxygen atoms in total. The van der Waals surface area contributed by atoms with Crippen LogP contribution in [0.3, 0.4) is 0 Å². The highest BCUT2D eigenvalue weighted by molar-refractivity contribution is 5.62. The molecule has 0 radical (unpaired) electrons. The van der Waals surface area contributed by atoms with E-state index < -0.39 is 0 Å². The second-order valence-electron chi connectivity index (χ2n) is 5.83. The number of rotatable bonds is 0. The summed E-state index contributed by atoms with van der Waals surface area (Å²) in [5, 5.41) is 10.6. The van der Waals surface area contributed by atoms with E-state index in [0.29, 0.717) is 0 Å². The highest BCUT2D eigenvalue weighted by Crippen LogP contribution is 2.46. The van der Waals surface area contributed by atoms with Gasteiger partial charge < -0.3 is 9.51 Å². The van der Waals surface area contributed by atoms with Crippen LogP contribution in [0.1, 0.15) is 43.2 Å². The summed E-state index contributed by atoms with van der Waals surface area (Å²) in [6.45, 7) is 6.43. The SMILES string of the molecule is Cc1c2c(n3ccccc13)CCC(C)(C)C2O. The molecule has 3 rings (SSSR count). The van der Waals surface area contributed by atoms with Crippen molar-refractivity contribution in [2.75, 3.05) is 0 Å². The van der Waals surface area contributed by atoms with E-state index in [4.69, 9.17) is 0 Å². The molecule has 0 saturated carbocycles. The van der Waals surface area contributed by atoms with Crippen LogP contribution in [-0.4, -0.2) is 9.51 Å². The summed E-state index contributed by atoms with van der Waals surface area (Å²) in [7, 11) is 0. The fourth-order valence-electron chi connectivity index (χ4n) is 3.05. The zero-order chi connectivity index (χ0) is 12.2. The van der Waals surface area contributed by atoms with Gasteiger partial charge in [0.15, 0.2) is 0 Å². The topological polar surface area (TPSA) is 24.6 Å². The number of nitrogens with zero attached hydrogens (tertiary/aromatic N) is 1. The molecule has 0 saturated heterocycles. The van der Waals surface area contributed by atoms with Gasteiger partial charge in [0.05, 0.1) is 6.10 Å². The van der Waals surface area contributed by atoms with Gasteiger partial charge in [0.2, 0.25) is 0 Å². The standard InChI is InChI=1S/C15H19NO/c1-10-11-6-4-5-9-16(11)12-7-8-15(2,3)14(17)13(10)12/h4-6,9,14,17H,7-8H2,1-3H3. The van der Waals surface area contributed by atoms with Crippen molar-refractivity contribution in [2.24, 2.45) is 5.41 Å². The van der Waals surface area contributed by atoms with Gasteiger partial charge in [-0.3, -0.25) is 0 Å². The van der Waals surface area contributed by atoms with E-state index in [2.05, 4.69) is 49.6 Å². The first-order chi connectivity index (χ1) is 8.02. The van der Waals surface area contributed by atoms with Crippen molar-refractivity contribution in [3.8, 4) is 0 Å². The minimum absolute atomic E-state index is 0.0112. The molecule has 1 aliphatic rings. The van der Waals surface area contributed by atoms with Gasteiger partial charge in [-0.15, -0.1) is 0 Å². The van der Waals surface area contributed by atoms with Crippen molar-refractivity contribution in [1.29, 1.82) is 0 Å². The molecule has 1 atom stereocenters. The monoisotopic (exact) mass is 229 g/mol. The molecular weight excluding hydrogens is 210 g/mol. The first-order valence-electron chi connectivity index (χ1n) is 6.29. The zero-order valence-corrected chi connectivity index (χ0v) is 10.7. The van der Waals surface area contributed by atoms with E-state index in [1.807, 2.05) is 0 Å². The third kappa shape index (κ3) is 1.37. The van der Waals surface area contributed by atoms with Crippen LogP contribution >= 0.6 is 0 Å². The van der Waals surface area contributed by atoms with Crippen LogP contribution in [-0.2, 0) is 6.42 Å². The van der Waals surface area contributed by atoms with Crippen molar-refractivity contribution in [3.63, 3.8) is 0 Å². The zero-order valence-electron chi connectivity index (χ0n) is 10.7. The summed E-state index contributed by atoms with van der Waals surface area (Å²) in [6, 6.07) is 6.25. The summed E-state index contributed by atoms with van der Waals surface area (Å²) < 4.78 is 2.24. The first-order valence-corrected chi connectivity index (χ1v) is 6.29. The molecule has 0 spiro atoms. The fourth-order valence-corrected chi connectivity index (χ4v) is 3.05. The average molecular weight is 229 g/mol. The van der Waals surface area contributed by atoms with E-state index >= 15 is 0 Å². The minimum atomic E-state index is -0.342. The summed E-state index contributed by atoms with van der Waals surface area (Å²) in [5.41, 5.74) is 4.91. The molecule has 2 aromatic heterocycles. The molecule has 90 valence electrons. The van der Waals surface area contributed by atoms with Gasteiger partial charge >= 0.3 is 0 Å². The minimum Gasteiger partial charge on any atom is -0.388 e. The van der Waals surface area contributed by atoms with E-state index in [0.717, 1.165) is 18.4 Å². The molecule has 1 unspecified atom stereocenters. The number of fused-ring (bicyclic) bond motifs is 3. The Hall–Kier alpha value is -1.28. The fraction of sp³-hybridized carbons (Fsp3) is 0.467. The number of aromatic nitrogens is 1. The van der Waals surface area contributed by atoms with Crippen LogP contribution in [0.2, 0.25) is 0 Å². The van der Waals surface area contributed by atoms with E-state index in [1.54, 1.807) is 0 Å². The molecule has 2 aromatic rings. The number of aliphatic hydroxyl groups is 1. The van der Waals surface area contributed by atoms with Crippen molar-refractivity contribution in [3.05, 3.63) is 41.2 Å². The molecule has 0 aromatic carbocycles. The van der Waals surface area contributed by atoms with Gasteiger partial charge in [0.1, 0.15) is 0 Å². The van der Waals surface area contributed by atoms with Crippen LogP contribution < -0.4 is 0 Å². The third-order valence-corrected chi connectivity index (χ3v) is 4.27. The Balaban J connectivity index is 2.33. The molecule has 2 heteroatoms. The maximum absolute atomic E-state index is 10.6. The Morgan fingerprint density at radius 1 is 1.35 bits per heavy atom. The van der Waals surface area contributed by atoms with Crippen LogP contribution in [0.4, 0.5) is 0 Å². The molecule has 1 aliphatic carbocycles. The molecule has 0 amide bonds. The van der Waals surface area contributed by atoms with Gasteiger partial charge in [0.25, 0.3) is 0 Å². The summed E-state index contributed by atoms with van der Waals surface area (Å²) >= 11 is 0. The number of aliphatic hydroxyl groups excluding tert-OH is 1. The van der Waals surface area contributed by atoms with Gasteiger partial charge in [0, 0.05) is 23.0 Å². The second-order valence-corrected chi connectivity index (χ2v) is 5.83. The maximum atomic E-state index is 10.6. The van der Waals surface area contributed by atoms with Crippen molar-refractivity contribution < 1.29 is 5.11 Å². The number of pyridine rings is 1. The molecule has 0 aliphatic heterocycles. The van der Waals surface area contributed by atoms with Gasteiger partial charge in [-0.1, -0.05) is 19.9 Å². The molecule has 17 heavy (non-hydrogen) atoms. The van der Waals surface area contributed by atoms with Crippen molar-refractivity contribution >= 4 is 5.52 Å². The smallest absolute Gasteiger partial charge is 0.0861 e. The van der Waals surface area contributed by atoms with Crippen LogP contribution in [0.5, 0.6) is 0 Å². The molecular formula is C15H19NO. The first kappa shape index (κ1) is 10.8. The van der Waals surface area contributed by atoms with Crippen LogP contribution in [0.15, 0.2) is 24.4 Å². The van der Waals surface area contributed by atoms with Crippen molar-refractivity contribution in [2.45, 2.75) is 39.7 Å². The molecule has 0 bridgehead atoms. The molecule has 1 N–H and O–H groups in total. The largest absolute Gasteiger partial charge is 0.388 e. The average Bonchev–Trinajstić information content (AvgIpc) is 2.59. The highest BCUT2D eigenvalue weighted by Gasteiger charge is 2.37. The Kier molecular flexibility index (Phi) is 2.14. The van der Waals surface area contributed by atoms with Gasteiger partial charge in [-0.2, -0.15) is 0 Å². The highest BCUT2D eigenvalue weighted by atomic mass is 16.3. The van der Waals surface area contributed by atoms with E-state index in [1.165, 1.54) is 16.8 Å². The Morgan fingerprint density at radius 3 is 2.88 bits per heavy atom. The second kappa shape index (κ2) is 3.36. The normalized spacial score (nSPS) is 22.7. The molecule has 0 fully saturated rings. The lowest BCUT2D eigenvalue weighted by Gasteiger charge is -2.35. The maximum Gasteiger partial charge on any atom is 0.0861 e. The van der Waals surface area contributed by atoms with E-state index in [-0.39, 0.29) is 11.5 Å². The Bertz CT molecular complexity index is 580. The number of hydrogen-bond acceptors (Lipinski definition) is 1. The van der Waals surface area contributed by atoms with Gasteiger partial charge in [-0.25, -0.2) is 0 Å². The summed E-state index contributed by atoms with van der Waals surface area (Å²) in [6.07, 6.45) is 3.86. The summed E-state index contributed by atoms with van der Waals surface area (Å²) in [5.74, 6) is 0. The third-order valence-electron chi connectivity index (χ3n) is 4.27. The Morgan fingerprint density at radius 2 is 2.12 bits per heavy atom. The van der Waals surface area contributed by atoms with Crippen molar-refractivity contribution in [1.82, 2.24) is 4.40 Å². The van der Waals surface area contributed by atoms with E-state index in [9.17, 15) is 5.11 Å². The predicted molar refractivity (Wildman–Crippen MR) is 69.2 cm³/mol. The number of aryl methyl sites for hydroxylation is 2. The lowest BCUT2D eigenvalue weighted by atomic mass is 9.73. The Labute approximate surface area is 102 Å². The quantitative estimate of drug-likeness (QED) is 0.737. The van der Waals surface area contributed by atoms with Gasteiger partial charge in [-0.05, 0) is 42.9 Å². The summed E-state index contributed by atoms with van der Waals surface area (Å²) in [4.78, 5) is 0. The predicted octanol–water partition coefficient (Wildman–Crippen LogP) is 3.25. The van der Waals surface area contributed by atoms with Crippen LogP contribution in [0.25, 0.3) is 5.52 Å². The lowest BCUT2D eigenvalue weighted by Crippen LogP contribution is -2.28. The molecule has 2 heterocycles. The number of hydrogen-bond donors (Lipinski definition) is 1. The van der Waals surface area contributed by atoms with Crippen LogP contribution in [0, 0.1) is 12.3 Å².